The Hall–Kier alpha value is -0.850. The van der Waals surface area contributed by atoms with E-state index in [9.17, 15) is 4.79 Å². The zero-order valence-corrected chi connectivity index (χ0v) is 16.1. The molecule has 0 atom stereocenters. The summed E-state index contributed by atoms with van der Waals surface area (Å²) in [5.41, 5.74) is 0.407. The number of hydrogen-bond donors (Lipinski definition) is 1. The van der Waals surface area contributed by atoms with E-state index in [4.69, 9.17) is 32.7 Å². The van der Waals surface area contributed by atoms with Crippen LogP contribution >= 0.6 is 23.2 Å². The molecule has 1 saturated heterocycles. The number of carbonyl (C=O) groups excluding carboxylic acids is 1. The van der Waals surface area contributed by atoms with E-state index >= 15 is 0 Å². The summed E-state index contributed by atoms with van der Waals surface area (Å²) in [6.45, 7) is 1.90. The lowest BCUT2D eigenvalue weighted by Gasteiger charge is -2.47. The average molecular weight is 387 g/mol. The number of halogens is 2. The molecule has 1 aliphatic carbocycles. The highest BCUT2D eigenvalue weighted by Gasteiger charge is 2.47. The van der Waals surface area contributed by atoms with Crippen molar-refractivity contribution in [2.24, 2.45) is 0 Å². The quantitative estimate of drug-likeness (QED) is 0.861. The molecule has 25 heavy (non-hydrogen) atoms. The summed E-state index contributed by atoms with van der Waals surface area (Å²) in [5, 5.41) is 3.88. The standard InChI is InChI=1S/C18H24Cl2N2O3/c1-22(2)17(5-7-18(8-6-17)24-9-10-25-18)12-21-16(23)13-3-4-14(19)15(20)11-13/h3-4,11H,5-10,12H2,1-2H3,(H,21,23). The topological polar surface area (TPSA) is 50.8 Å². The molecule has 1 aromatic carbocycles. The molecule has 7 heteroatoms. The second-order valence-electron chi connectivity index (χ2n) is 7.04. The van der Waals surface area contributed by atoms with Crippen molar-refractivity contribution in [2.45, 2.75) is 37.0 Å². The summed E-state index contributed by atoms with van der Waals surface area (Å²) in [6.07, 6.45) is 3.49. The number of rotatable bonds is 4. The van der Waals surface area contributed by atoms with E-state index in [1.165, 1.54) is 0 Å². The van der Waals surface area contributed by atoms with Crippen molar-refractivity contribution in [3.8, 4) is 0 Å². The third-order valence-corrected chi connectivity index (χ3v) is 6.20. The van der Waals surface area contributed by atoms with E-state index < -0.39 is 5.79 Å². The molecule has 2 aliphatic rings. The van der Waals surface area contributed by atoms with Crippen molar-refractivity contribution in [2.75, 3.05) is 33.9 Å². The van der Waals surface area contributed by atoms with Crippen molar-refractivity contribution < 1.29 is 14.3 Å². The first-order valence-electron chi connectivity index (χ1n) is 8.55. The van der Waals surface area contributed by atoms with Gasteiger partial charge in [-0.15, -0.1) is 0 Å². The largest absolute Gasteiger partial charge is 0.350 e. The Morgan fingerprint density at radius 2 is 1.76 bits per heavy atom. The van der Waals surface area contributed by atoms with Crippen molar-refractivity contribution in [1.29, 1.82) is 0 Å². The molecule has 2 fully saturated rings. The number of ether oxygens (including phenoxy) is 2. The minimum absolute atomic E-state index is 0.105. The van der Waals surface area contributed by atoms with Gasteiger partial charge >= 0.3 is 0 Å². The predicted octanol–water partition coefficient (Wildman–Crippen LogP) is 3.34. The van der Waals surface area contributed by atoms with Crippen LogP contribution in [0.15, 0.2) is 18.2 Å². The van der Waals surface area contributed by atoms with Crippen LogP contribution in [0.25, 0.3) is 0 Å². The van der Waals surface area contributed by atoms with Gasteiger partial charge in [-0.25, -0.2) is 0 Å². The van der Waals surface area contributed by atoms with E-state index in [0.717, 1.165) is 25.7 Å². The Bertz CT molecular complexity index is 635. The van der Waals surface area contributed by atoms with Crippen LogP contribution < -0.4 is 5.32 Å². The molecule has 0 aromatic heterocycles. The van der Waals surface area contributed by atoms with Crippen LogP contribution in [0.5, 0.6) is 0 Å². The van der Waals surface area contributed by atoms with Crippen LogP contribution in [-0.4, -0.2) is 56.0 Å². The van der Waals surface area contributed by atoms with Crippen LogP contribution in [0.1, 0.15) is 36.0 Å². The summed E-state index contributed by atoms with van der Waals surface area (Å²) in [5.74, 6) is -0.554. The van der Waals surface area contributed by atoms with Gasteiger partial charge in [0.15, 0.2) is 5.79 Å². The molecule has 1 spiro atoms. The maximum absolute atomic E-state index is 12.5. The lowest BCUT2D eigenvalue weighted by Crippen LogP contribution is -2.57. The lowest BCUT2D eigenvalue weighted by molar-refractivity contribution is -0.191. The van der Waals surface area contributed by atoms with Gasteiger partial charge in [0.2, 0.25) is 0 Å². The number of nitrogens with one attached hydrogen (secondary N) is 1. The maximum Gasteiger partial charge on any atom is 0.251 e. The normalized spacial score (nSPS) is 21.6. The number of carbonyl (C=O) groups is 1. The highest BCUT2D eigenvalue weighted by molar-refractivity contribution is 6.42. The molecule has 0 unspecified atom stereocenters. The minimum atomic E-state index is -0.410. The summed E-state index contributed by atoms with van der Waals surface area (Å²) in [7, 11) is 4.11. The summed E-state index contributed by atoms with van der Waals surface area (Å²) < 4.78 is 11.6. The van der Waals surface area contributed by atoms with Gasteiger partial charge in [-0.05, 0) is 45.1 Å². The van der Waals surface area contributed by atoms with Crippen molar-refractivity contribution in [3.63, 3.8) is 0 Å². The Kier molecular flexibility index (Phi) is 5.61. The third kappa shape index (κ3) is 3.96. The number of likely N-dealkylation sites (N-methyl/N-ethyl adjacent to an activating group) is 1. The highest BCUT2D eigenvalue weighted by Crippen LogP contribution is 2.42. The number of benzene rings is 1. The zero-order chi connectivity index (χ0) is 18.1. The molecule has 1 saturated carbocycles. The molecular formula is C18H24Cl2N2O3. The van der Waals surface area contributed by atoms with Gasteiger partial charge < -0.3 is 19.7 Å². The van der Waals surface area contributed by atoms with Crippen LogP contribution in [0, 0.1) is 0 Å². The molecule has 1 amide bonds. The van der Waals surface area contributed by atoms with Gasteiger partial charge in [0, 0.05) is 30.5 Å². The van der Waals surface area contributed by atoms with Crippen LogP contribution in [0.2, 0.25) is 10.0 Å². The van der Waals surface area contributed by atoms with Gasteiger partial charge in [-0.2, -0.15) is 0 Å². The molecule has 1 aliphatic heterocycles. The first kappa shape index (κ1) is 18.9. The molecule has 138 valence electrons. The zero-order valence-electron chi connectivity index (χ0n) is 14.6. The van der Waals surface area contributed by atoms with Crippen molar-refractivity contribution >= 4 is 29.1 Å². The monoisotopic (exact) mass is 386 g/mol. The minimum Gasteiger partial charge on any atom is -0.350 e. The van der Waals surface area contributed by atoms with E-state index in [-0.39, 0.29) is 11.4 Å². The molecule has 0 radical (unpaired) electrons. The molecule has 3 rings (SSSR count). The summed E-state index contributed by atoms with van der Waals surface area (Å²) >= 11 is 11.9. The molecule has 1 heterocycles. The number of amides is 1. The van der Waals surface area contributed by atoms with E-state index in [1.54, 1.807) is 18.2 Å². The van der Waals surface area contributed by atoms with Crippen LogP contribution in [0.3, 0.4) is 0 Å². The van der Waals surface area contributed by atoms with E-state index in [2.05, 4.69) is 24.3 Å². The summed E-state index contributed by atoms with van der Waals surface area (Å²) in [4.78, 5) is 14.7. The smallest absolute Gasteiger partial charge is 0.251 e. The molecular weight excluding hydrogens is 363 g/mol. The second kappa shape index (κ2) is 7.41. The van der Waals surface area contributed by atoms with E-state index in [1.807, 2.05) is 0 Å². The average Bonchev–Trinajstić information content (AvgIpc) is 3.05. The Morgan fingerprint density at radius 3 is 2.32 bits per heavy atom. The molecule has 0 bridgehead atoms. The fourth-order valence-corrected chi connectivity index (χ4v) is 3.95. The first-order chi connectivity index (χ1) is 11.9. The van der Waals surface area contributed by atoms with Crippen molar-refractivity contribution in [3.05, 3.63) is 33.8 Å². The SMILES string of the molecule is CN(C)C1(CNC(=O)c2ccc(Cl)c(Cl)c2)CCC2(CC1)OCCO2. The number of nitrogens with zero attached hydrogens (tertiary/aromatic N) is 1. The molecule has 5 nitrogen and oxygen atoms in total. The van der Waals surface area contributed by atoms with Crippen LogP contribution in [-0.2, 0) is 9.47 Å². The number of hydrogen-bond acceptors (Lipinski definition) is 4. The molecule has 1 N–H and O–H groups in total. The highest BCUT2D eigenvalue weighted by atomic mass is 35.5. The maximum atomic E-state index is 12.5. The van der Waals surface area contributed by atoms with E-state index in [0.29, 0.717) is 35.4 Å². The van der Waals surface area contributed by atoms with Gasteiger partial charge in [-0.1, -0.05) is 23.2 Å². The van der Waals surface area contributed by atoms with Gasteiger partial charge in [0.25, 0.3) is 5.91 Å². The van der Waals surface area contributed by atoms with Gasteiger partial charge in [0.05, 0.1) is 23.3 Å². The summed E-state index contributed by atoms with van der Waals surface area (Å²) in [6, 6.07) is 4.92. The van der Waals surface area contributed by atoms with Gasteiger partial charge in [0.1, 0.15) is 0 Å². The fraction of sp³-hybridized carbons (Fsp3) is 0.611. The first-order valence-corrected chi connectivity index (χ1v) is 9.30. The van der Waals surface area contributed by atoms with Crippen molar-refractivity contribution in [1.82, 2.24) is 10.2 Å². The molecule has 1 aromatic rings. The van der Waals surface area contributed by atoms with Gasteiger partial charge in [-0.3, -0.25) is 4.79 Å². The Labute approximate surface area is 158 Å². The predicted molar refractivity (Wildman–Crippen MR) is 98.3 cm³/mol. The lowest BCUT2D eigenvalue weighted by atomic mass is 9.77. The Morgan fingerprint density at radius 1 is 1.12 bits per heavy atom. The second-order valence-corrected chi connectivity index (χ2v) is 7.85. The van der Waals surface area contributed by atoms with Crippen LogP contribution in [0.4, 0.5) is 0 Å². The third-order valence-electron chi connectivity index (χ3n) is 5.46. The fourth-order valence-electron chi connectivity index (χ4n) is 3.65. The Balaban J connectivity index is 1.64.